The van der Waals surface area contributed by atoms with Crippen LogP contribution in [0.4, 0.5) is 14.8 Å². The lowest BCUT2D eigenvalue weighted by atomic mass is 10.1. The van der Waals surface area contributed by atoms with E-state index in [1.807, 2.05) is 19.1 Å². The number of hydrogen-bond acceptors (Lipinski definition) is 5. The highest BCUT2D eigenvalue weighted by Gasteiger charge is 2.73. The summed E-state index contributed by atoms with van der Waals surface area (Å²) < 4.78 is 32.9. The molecule has 1 saturated heterocycles. The average Bonchev–Trinajstić information content (AvgIpc) is 3.50. The van der Waals surface area contributed by atoms with Gasteiger partial charge in [-0.05, 0) is 49.3 Å². The van der Waals surface area contributed by atoms with Crippen molar-refractivity contribution in [1.29, 1.82) is 0 Å². The van der Waals surface area contributed by atoms with Crippen molar-refractivity contribution in [1.82, 2.24) is 15.1 Å². The van der Waals surface area contributed by atoms with E-state index in [4.69, 9.17) is 4.42 Å². The second kappa shape index (κ2) is 6.50. The van der Waals surface area contributed by atoms with Gasteiger partial charge in [-0.3, -0.25) is 4.79 Å². The second-order valence-electron chi connectivity index (χ2n) is 8.59. The molecular weight excluding hydrogens is 378 g/mol. The van der Waals surface area contributed by atoms with E-state index in [1.165, 1.54) is 23.3 Å². The predicted octanol–water partition coefficient (Wildman–Crippen LogP) is 4.06. The fraction of sp³-hybridized carbons (Fsp3) is 0.571. The maximum absolute atomic E-state index is 13.6. The summed E-state index contributed by atoms with van der Waals surface area (Å²) in [4.78, 5) is 14.4. The Balaban J connectivity index is 1.24. The van der Waals surface area contributed by atoms with Crippen molar-refractivity contribution in [3.8, 4) is 11.5 Å². The number of amides is 1. The fourth-order valence-electron chi connectivity index (χ4n) is 4.30. The van der Waals surface area contributed by atoms with E-state index >= 15 is 0 Å². The fourth-order valence-corrected chi connectivity index (χ4v) is 4.30. The first-order valence-electron chi connectivity index (χ1n) is 10.3. The quantitative estimate of drug-likeness (QED) is 0.789. The van der Waals surface area contributed by atoms with Crippen LogP contribution in [-0.2, 0) is 4.79 Å². The minimum absolute atomic E-state index is 0.111. The third-order valence-corrected chi connectivity index (χ3v) is 6.51. The lowest BCUT2D eigenvalue weighted by Gasteiger charge is -2.22. The van der Waals surface area contributed by atoms with Gasteiger partial charge in [0.2, 0.25) is 11.8 Å². The van der Waals surface area contributed by atoms with Crippen LogP contribution in [0.25, 0.3) is 11.5 Å². The molecule has 0 unspecified atom stereocenters. The molecule has 5 rings (SSSR count). The first kappa shape index (κ1) is 18.5. The van der Waals surface area contributed by atoms with Gasteiger partial charge in [0.05, 0.1) is 5.41 Å². The van der Waals surface area contributed by atoms with E-state index in [1.54, 1.807) is 0 Å². The van der Waals surface area contributed by atoms with E-state index in [2.05, 4.69) is 27.6 Å². The smallest absolute Gasteiger partial charge is 0.316 e. The zero-order valence-electron chi connectivity index (χ0n) is 16.3. The van der Waals surface area contributed by atoms with Crippen LogP contribution in [0.2, 0.25) is 0 Å². The largest absolute Gasteiger partial charge is 0.403 e. The number of rotatable bonds is 6. The van der Waals surface area contributed by atoms with Crippen molar-refractivity contribution in [3.05, 3.63) is 29.8 Å². The van der Waals surface area contributed by atoms with Crippen molar-refractivity contribution in [2.75, 3.05) is 18.4 Å². The highest BCUT2D eigenvalue weighted by molar-refractivity contribution is 5.84. The molecule has 3 fully saturated rings. The number of carbonyl (C=O) groups is 1. The molecule has 2 atom stereocenters. The van der Waals surface area contributed by atoms with E-state index in [-0.39, 0.29) is 24.9 Å². The molecule has 0 bridgehead atoms. The summed E-state index contributed by atoms with van der Waals surface area (Å²) >= 11 is 0. The number of alkyl halides is 2. The molecule has 1 aliphatic heterocycles. The summed E-state index contributed by atoms with van der Waals surface area (Å²) in [7, 11) is 0. The molecule has 2 saturated carbocycles. The maximum atomic E-state index is 13.6. The summed E-state index contributed by atoms with van der Waals surface area (Å²) in [5.41, 5.74) is 1.16. The van der Waals surface area contributed by atoms with Crippen LogP contribution in [0.3, 0.4) is 0 Å². The molecule has 6 nitrogen and oxygen atoms in total. The second-order valence-corrected chi connectivity index (χ2v) is 8.59. The lowest BCUT2D eigenvalue weighted by molar-refractivity contribution is -0.131. The molecule has 2 heterocycles. The Morgan fingerprint density at radius 2 is 2.03 bits per heavy atom. The molecule has 1 aromatic carbocycles. The van der Waals surface area contributed by atoms with Crippen molar-refractivity contribution in [2.45, 2.75) is 56.9 Å². The molecule has 0 radical (unpaired) electrons. The number of nitrogens with one attached hydrogen (secondary N) is 1. The lowest BCUT2D eigenvalue weighted by Crippen LogP contribution is -2.42. The third kappa shape index (κ3) is 3.28. The van der Waals surface area contributed by atoms with Crippen molar-refractivity contribution >= 4 is 11.9 Å². The van der Waals surface area contributed by atoms with Crippen molar-refractivity contribution < 1.29 is 18.0 Å². The summed E-state index contributed by atoms with van der Waals surface area (Å²) in [6, 6.07) is 7.68. The van der Waals surface area contributed by atoms with E-state index < -0.39 is 17.4 Å². The molecule has 1 N–H and O–H groups in total. The van der Waals surface area contributed by atoms with E-state index in [0.29, 0.717) is 31.2 Å². The molecule has 2 aliphatic carbocycles. The Kier molecular flexibility index (Phi) is 4.15. The van der Waals surface area contributed by atoms with Gasteiger partial charge in [-0.2, -0.15) is 0 Å². The number of benzene rings is 1. The van der Waals surface area contributed by atoms with Crippen molar-refractivity contribution in [2.24, 2.45) is 5.41 Å². The molecule has 1 amide bonds. The molecule has 1 spiro atoms. The summed E-state index contributed by atoms with van der Waals surface area (Å²) in [5.74, 6) is -1.76. The Hall–Kier alpha value is -2.51. The van der Waals surface area contributed by atoms with Gasteiger partial charge in [0.25, 0.3) is 5.92 Å². The van der Waals surface area contributed by atoms with Crippen LogP contribution in [0.1, 0.15) is 50.5 Å². The highest BCUT2D eigenvalue weighted by Crippen LogP contribution is 2.65. The normalized spacial score (nSPS) is 26.0. The number of likely N-dealkylation sites (tertiary alicyclic amines) is 1. The molecule has 29 heavy (non-hydrogen) atoms. The van der Waals surface area contributed by atoms with Gasteiger partial charge in [0, 0.05) is 25.1 Å². The number of hydrogen-bond donors (Lipinski definition) is 1. The molecular formula is C21H24F2N4O2. The minimum atomic E-state index is -2.63. The monoisotopic (exact) mass is 402 g/mol. The van der Waals surface area contributed by atoms with Gasteiger partial charge in [-0.25, -0.2) is 8.78 Å². The van der Waals surface area contributed by atoms with E-state index in [0.717, 1.165) is 5.56 Å². The summed E-state index contributed by atoms with van der Waals surface area (Å²) in [5, 5.41) is 11.1. The number of nitrogens with zero attached hydrogens (tertiary/aromatic N) is 3. The Labute approximate surface area is 167 Å². The van der Waals surface area contributed by atoms with Crippen molar-refractivity contribution in [3.63, 3.8) is 0 Å². The van der Waals surface area contributed by atoms with Gasteiger partial charge in [0.15, 0.2) is 0 Å². The van der Waals surface area contributed by atoms with Gasteiger partial charge in [-0.1, -0.05) is 24.2 Å². The third-order valence-electron chi connectivity index (χ3n) is 6.51. The summed E-state index contributed by atoms with van der Waals surface area (Å²) in [6.07, 6.45) is 3.24. The predicted molar refractivity (Wildman–Crippen MR) is 103 cm³/mol. The number of anilines is 1. The molecule has 1 aromatic heterocycles. The van der Waals surface area contributed by atoms with Crippen LogP contribution in [0.15, 0.2) is 28.7 Å². The Bertz CT molecular complexity index is 925. The Morgan fingerprint density at radius 1 is 1.31 bits per heavy atom. The van der Waals surface area contributed by atoms with Crippen LogP contribution in [0.5, 0.6) is 0 Å². The van der Waals surface area contributed by atoms with Crippen LogP contribution < -0.4 is 5.32 Å². The highest BCUT2D eigenvalue weighted by atomic mass is 19.3. The molecule has 8 heteroatoms. The van der Waals surface area contributed by atoms with Gasteiger partial charge < -0.3 is 14.6 Å². The number of halogens is 2. The van der Waals surface area contributed by atoms with Crippen LogP contribution in [0, 0.1) is 5.41 Å². The Morgan fingerprint density at radius 3 is 2.62 bits per heavy atom. The van der Waals surface area contributed by atoms with Gasteiger partial charge in [0.1, 0.15) is 6.04 Å². The van der Waals surface area contributed by atoms with Gasteiger partial charge >= 0.3 is 6.01 Å². The summed E-state index contributed by atoms with van der Waals surface area (Å²) in [6.45, 7) is 2.36. The zero-order valence-corrected chi connectivity index (χ0v) is 16.3. The SMILES string of the molecule is CC[C@H](Nc1nnc(-c2ccc(C3CC3)cc2)o1)C(=O)N1CC[C@@]2(C1)CC2(F)F. The van der Waals surface area contributed by atoms with Crippen LogP contribution >= 0.6 is 0 Å². The number of aromatic nitrogens is 2. The zero-order chi connectivity index (χ0) is 20.2. The molecule has 154 valence electrons. The standard InChI is InChI=1S/C21H24F2N4O2/c1-2-16(18(28)27-10-9-20(12-27)11-21(20,22)23)24-19-26-25-17(29-19)15-7-5-14(6-8-15)13-3-4-13/h5-8,13,16H,2-4,9-12H2,1H3,(H,24,26)/t16-,20-/m0/s1. The first-order chi connectivity index (χ1) is 13.9. The topological polar surface area (TPSA) is 71.3 Å². The van der Waals surface area contributed by atoms with E-state index in [9.17, 15) is 13.6 Å². The first-order valence-corrected chi connectivity index (χ1v) is 10.3. The maximum Gasteiger partial charge on any atom is 0.316 e. The number of carbonyl (C=O) groups excluding carboxylic acids is 1. The average molecular weight is 402 g/mol. The molecule has 2 aromatic rings. The van der Waals surface area contributed by atoms with Gasteiger partial charge in [-0.15, -0.1) is 5.10 Å². The minimum Gasteiger partial charge on any atom is -0.403 e. The molecule has 3 aliphatic rings. The van der Waals surface area contributed by atoms with Crippen LogP contribution in [-0.4, -0.2) is 46.1 Å².